The van der Waals surface area contributed by atoms with Crippen LogP contribution < -0.4 is 0 Å². The number of hydrogen-bond donors (Lipinski definition) is 0. The molecule has 0 rings (SSSR count). The highest BCUT2D eigenvalue weighted by atomic mass is 16.7. The summed E-state index contributed by atoms with van der Waals surface area (Å²) in [6, 6.07) is 1.75. The Morgan fingerprint density at radius 3 is 2.20 bits per heavy atom. The van der Waals surface area contributed by atoms with Gasteiger partial charge in [0.1, 0.15) is 0 Å². The summed E-state index contributed by atoms with van der Waals surface area (Å²) in [5.74, 6) is 0. The maximum atomic E-state index is 9.74. The number of carbonyl (C=O) groups is 2. The highest BCUT2D eigenvalue weighted by Crippen LogP contribution is 1.73. The summed E-state index contributed by atoms with van der Waals surface area (Å²) >= 11 is 0. The van der Waals surface area contributed by atoms with Gasteiger partial charge in [0.25, 0.3) is 0 Å². The molecule has 56 valence electrons. The molecule has 0 saturated carbocycles. The van der Waals surface area contributed by atoms with Gasteiger partial charge in [-0.2, -0.15) is 5.26 Å². The van der Waals surface area contributed by atoms with Crippen LogP contribution in [0.2, 0.25) is 0 Å². The van der Waals surface area contributed by atoms with Crippen LogP contribution in [0, 0.1) is 11.3 Å². The van der Waals surface area contributed by atoms with E-state index >= 15 is 0 Å². The maximum absolute atomic E-state index is 9.74. The van der Waals surface area contributed by atoms with Gasteiger partial charge >= 0.3 is 12.6 Å². The van der Waals surface area contributed by atoms with Crippen molar-refractivity contribution in [2.24, 2.45) is 0 Å². The van der Waals surface area contributed by atoms with Gasteiger partial charge < -0.3 is 9.47 Å². The third-order valence-corrected chi connectivity index (χ3v) is 0.311. The van der Waals surface area contributed by atoms with E-state index in [1.807, 2.05) is 0 Å². The average molecular weight is 145 g/mol. The van der Waals surface area contributed by atoms with Crippen molar-refractivity contribution in [1.82, 2.24) is 0 Å². The fourth-order valence-corrected chi connectivity index (χ4v) is 0.0874. The van der Waals surface area contributed by atoms with Crippen molar-refractivity contribution >= 4 is 12.6 Å². The second kappa shape index (κ2) is 10.4. The van der Waals surface area contributed by atoms with Crippen molar-refractivity contribution in [2.45, 2.75) is 6.92 Å². The lowest BCUT2D eigenvalue weighted by Crippen LogP contribution is -2.00. The monoisotopic (exact) mass is 145 g/mol. The average Bonchev–Trinajstić information content (AvgIpc) is 1.90. The van der Waals surface area contributed by atoms with E-state index in [0.717, 1.165) is 7.11 Å². The molecule has 0 saturated heterocycles. The first-order chi connectivity index (χ1) is 4.72. The minimum Gasteiger partial charge on any atom is -0.437 e. The molecule has 0 aliphatic rings. The summed E-state index contributed by atoms with van der Waals surface area (Å²) in [6.07, 6.45) is -0.991. The molecule has 0 aliphatic heterocycles. The minimum atomic E-state index is -0.991. The number of nitriles is 1. The molecule has 0 radical (unpaired) electrons. The van der Waals surface area contributed by atoms with Gasteiger partial charge in [-0.25, -0.2) is 4.79 Å². The van der Waals surface area contributed by atoms with E-state index in [2.05, 4.69) is 9.47 Å². The molecular formula is C5H7NO4. The van der Waals surface area contributed by atoms with E-state index in [-0.39, 0.29) is 6.47 Å². The number of ether oxygens (including phenoxy) is 2. The second-order valence-electron chi connectivity index (χ2n) is 0.892. The fraction of sp³-hybridized carbons (Fsp3) is 0.400. The first-order valence-corrected chi connectivity index (χ1v) is 2.22. The van der Waals surface area contributed by atoms with Crippen molar-refractivity contribution in [3.8, 4) is 6.07 Å². The van der Waals surface area contributed by atoms with Crippen LogP contribution in [0.4, 0.5) is 4.79 Å². The van der Waals surface area contributed by atoms with Crippen molar-refractivity contribution in [3.05, 3.63) is 0 Å². The van der Waals surface area contributed by atoms with Gasteiger partial charge in [0.2, 0.25) is 0 Å². The highest BCUT2D eigenvalue weighted by Gasteiger charge is 1.93. The smallest absolute Gasteiger partial charge is 0.437 e. The molecule has 5 heteroatoms. The van der Waals surface area contributed by atoms with E-state index in [1.54, 1.807) is 6.07 Å². The quantitative estimate of drug-likeness (QED) is 0.304. The van der Waals surface area contributed by atoms with Crippen molar-refractivity contribution in [2.75, 3.05) is 7.11 Å². The van der Waals surface area contributed by atoms with E-state index in [4.69, 9.17) is 5.26 Å². The summed E-state index contributed by atoms with van der Waals surface area (Å²) in [4.78, 5) is 19.0. The summed E-state index contributed by atoms with van der Waals surface area (Å²) in [6.45, 7) is 1.44. The minimum absolute atomic E-state index is 0.00579. The topological polar surface area (TPSA) is 76.4 Å². The third-order valence-electron chi connectivity index (χ3n) is 0.311. The van der Waals surface area contributed by atoms with Gasteiger partial charge in [-0.3, -0.25) is 4.79 Å². The highest BCUT2D eigenvalue weighted by molar-refractivity contribution is 5.68. The fourth-order valence-electron chi connectivity index (χ4n) is 0.0874. The molecule has 0 bridgehead atoms. The molecule has 0 aliphatic carbocycles. The van der Waals surface area contributed by atoms with Crippen LogP contribution in [0.1, 0.15) is 6.92 Å². The molecule has 5 nitrogen and oxygen atoms in total. The number of nitrogens with zero attached hydrogens (tertiary/aromatic N) is 1. The predicted octanol–water partition coefficient (Wildman–Crippen LogP) is 0.456. The number of rotatable bonds is 1. The Hall–Kier alpha value is -1.57. The molecule has 0 heterocycles. The standard InChI is InChI=1S/C3H4O4.C2H3N/c1-6-3(5)7-2-4;1-2-3/h2H,1H3;1H3. The summed E-state index contributed by atoms with van der Waals surface area (Å²) in [7, 11) is 1.12. The maximum Gasteiger partial charge on any atom is 0.515 e. The van der Waals surface area contributed by atoms with Crippen LogP contribution in [0.25, 0.3) is 0 Å². The summed E-state index contributed by atoms with van der Waals surface area (Å²) in [5.41, 5.74) is 0. The number of methoxy groups -OCH3 is 1. The Bertz CT molecular complexity index is 137. The lowest BCUT2D eigenvalue weighted by Gasteiger charge is -1.88. The van der Waals surface area contributed by atoms with Crippen LogP contribution >= 0.6 is 0 Å². The van der Waals surface area contributed by atoms with Crippen LogP contribution in [0.5, 0.6) is 0 Å². The molecule has 0 unspecified atom stereocenters. The number of hydrogen-bond acceptors (Lipinski definition) is 5. The molecule has 0 atom stereocenters. The van der Waals surface area contributed by atoms with E-state index in [0.29, 0.717) is 0 Å². The van der Waals surface area contributed by atoms with Crippen LogP contribution in [0.3, 0.4) is 0 Å². The first kappa shape index (κ1) is 11.3. The first-order valence-electron chi connectivity index (χ1n) is 2.22. The Morgan fingerprint density at radius 1 is 1.70 bits per heavy atom. The van der Waals surface area contributed by atoms with Gasteiger partial charge in [-0.05, 0) is 0 Å². The zero-order valence-electron chi connectivity index (χ0n) is 5.66. The molecule has 0 fully saturated rings. The van der Waals surface area contributed by atoms with Gasteiger partial charge in [0.15, 0.2) is 0 Å². The summed E-state index contributed by atoms with van der Waals surface area (Å²) < 4.78 is 7.55. The van der Waals surface area contributed by atoms with E-state index in [9.17, 15) is 9.59 Å². The Morgan fingerprint density at radius 2 is 2.10 bits per heavy atom. The molecular weight excluding hydrogens is 138 g/mol. The SMILES string of the molecule is CC#N.COC(=O)OC=O. The third kappa shape index (κ3) is 16.1. The van der Waals surface area contributed by atoms with Crippen LogP contribution in [0.15, 0.2) is 0 Å². The Balaban J connectivity index is 0. The van der Waals surface area contributed by atoms with Gasteiger partial charge in [0.05, 0.1) is 13.2 Å². The van der Waals surface area contributed by atoms with Crippen LogP contribution in [-0.4, -0.2) is 19.7 Å². The molecule has 0 aromatic heterocycles. The van der Waals surface area contributed by atoms with Gasteiger partial charge in [0, 0.05) is 6.92 Å². The van der Waals surface area contributed by atoms with Crippen molar-refractivity contribution < 1.29 is 19.1 Å². The van der Waals surface area contributed by atoms with E-state index in [1.165, 1.54) is 6.92 Å². The van der Waals surface area contributed by atoms with Crippen molar-refractivity contribution in [1.29, 1.82) is 5.26 Å². The molecule has 0 spiro atoms. The van der Waals surface area contributed by atoms with Gasteiger partial charge in [-0.15, -0.1) is 0 Å². The normalized spacial score (nSPS) is 5.70. The Labute approximate surface area is 58.1 Å². The predicted molar refractivity (Wildman–Crippen MR) is 30.8 cm³/mol. The largest absolute Gasteiger partial charge is 0.515 e. The lowest BCUT2D eigenvalue weighted by molar-refractivity contribution is -0.125. The molecule has 0 N–H and O–H groups in total. The van der Waals surface area contributed by atoms with Gasteiger partial charge in [-0.1, -0.05) is 0 Å². The summed E-state index contributed by atoms with van der Waals surface area (Å²) in [5, 5.41) is 7.32. The van der Waals surface area contributed by atoms with E-state index < -0.39 is 6.16 Å². The molecule has 0 aromatic rings. The Kier molecular flexibility index (Phi) is 11.7. The number of carbonyl (C=O) groups excluding carboxylic acids is 2. The second-order valence-corrected chi connectivity index (χ2v) is 0.892. The van der Waals surface area contributed by atoms with Crippen molar-refractivity contribution in [3.63, 3.8) is 0 Å². The van der Waals surface area contributed by atoms with Crippen LogP contribution in [-0.2, 0) is 14.3 Å². The zero-order chi connectivity index (χ0) is 8.41. The molecule has 0 aromatic carbocycles. The molecule has 0 amide bonds. The molecule has 10 heavy (non-hydrogen) atoms. The lowest BCUT2D eigenvalue weighted by atomic mass is 11.0. The zero-order valence-corrected chi connectivity index (χ0v) is 5.66.